The molecule has 2 heterocycles. The van der Waals surface area contributed by atoms with Crippen molar-refractivity contribution in [2.75, 3.05) is 19.4 Å². The van der Waals surface area contributed by atoms with Crippen molar-refractivity contribution < 1.29 is 9.90 Å². The number of fused-ring (bicyclic) bond motifs is 1. The van der Waals surface area contributed by atoms with Gasteiger partial charge in [0, 0.05) is 10.9 Å². The van der Waals surface area contributed by atoms with Gasteiger partial charge in [0.2, 0.25) is 0 Å². The number of nitrogens with one attached hydrogen (secondary N) is 1. The molecule has 2 N–H and O–H groups in total. The molecule has 0 aliphatic heterocycles. The number of carboxylic acid groups (broad SMARTS) is 1. The maximum absolute atomic E-state index is 11.3. The summed E-state index contributed by atoms with van der Waals surface area (Å²) in [5.41, 5.74) is 2.07. The molecule has 130 valence electrons. The number of anilines is 1. The van der Waals surface area contributed by atoms with Crippen LogP contribution in [0, 0.1) is 0 Å². The number of aliphatic carboxylic acids is 1. The van der Waals surface area contributed by atoms with Gasteiger partial charge in [0.25, 0.3) is 0 Å². The van der Waals surface area contributed by atoms with Crippen molar-refractivity contribution in [2.24, 2.45) is 0 Å². The third-order valence-electron chi connectivity index (χ3n) is 3.75. The Morgan fingerprint density at radius 2 is 2.00 bits per heavy atom. The van der Waals surface area contributed by atoms with Crippen LogP contribution >= 0.6 is 11.3 Å². The van der Waals surface area contributed by atoms with E-state index < -0.39 is 12.0 Å². The maximum Gasteiger partial charge on any atom is 0.325 e. The number of nitrogens with zero attached hydrogens (tertiary/aromatic N) is 3. The van der Waals surface area contributed by atoms with Gasteiger partial charge in [0.15, 0.2) is 0 Å². The molecule has 25 heavy (non-hydrogen) atoms. The second-order valence-corrected chi connectivity index (χ2v) is 6.98. The molecule has 3 rings (SSSR count). The van der Waals surface area contributed by atoms with E-state index in [0.29, 0.717) is 18.2 Å². The summed E-state index contributed by atoms with van der Waals surface area (Å²) in [5.74, 6) is 0.313. The lowest BCUT2D eigenvalue weighted by Crippen LogP contribution is -2.26. The van der Waals surface area contributed by atoms with Crippen molar-refractivity contribution in [1.29, 1.82) is 0 Å². The summed E-state index contributed by atoms with van der Waals surface area (Å²) in [5, 5.41) is 15.2. The number of hydrogen-bond donors (Lipinski definition) is 2. The first-order valence-corrected chi connectivity index (χ1v) is 8.81. The number of aromatic nitrogens is 2. The molecule has 0 fully saturated rings. The van der Waals surface area contributed by atoms with Crippen LogP contribution in [0.15, 0.2) is 35.7 Å². The highest BCUT2D eigenvalue weighted by Gasteiger charge is 2.19. The van der Waals surface area contributed by atoms with Crippen LogP contribution in [0.25, 0.3) is 21.3 Å². The molecule has 0 aliphatic carbocycles. The number of carboxylic acids is 1. The summed E-state index contributed by atoms with van der Waals surface area (Å²) in [6, 6.07) is 9.24. The Bertz CT molecular complexity index is 893. The Morgan fingerprint density at radius 3 is 2.64 bits per heavy atom. The van der Waals surface area contributed by atoms with Gasteiger partial charge in [-0.05, 0) is 26.6 Å². The lowest BCUT2D eigenvalue weighted by Gasteiger charge is -2.15. The molecule has 0 saturated carbocycles. The highest BCUT2D eigenvalue weighted by molar-refractivity contribution is 7.17. The molecule has 0 amide bonds. The Morgan fingerprint density at radius 1 is 1.28 bits per heavy atom. The minimum absolute atomic E-state index is 0.567. The average Bonchev–Trinajstić information content (AvgIpc) is 2.99. The number of carbonyl (C=O) groups is 1. The van der Waals surface area contributed by atoms with Crippen LogP contribution in [0.5, 0.6) is 0 Å². The summed E-state index contributed by atoms with van der Waals surface area (Å²) in [4.78, 5) is 23.4. The summed E-state index contributed by atoms with van der Waals surface area (Å²) >= 11 is 1.54. The predicted octanol–water partition coefficient (Wildman–Crippen LogP) is 3.30. The molecule has 0 aliphatic rings. The summed E-state index contributed by atoms with van der Waals surface area (Å²) in [6.45, 7) is 2.20. The zero-order chi connectivity index (χ0) is 18.0. The van der Waals surface area contributed by atoms with Gasteiger partial charge in [-0.25, -0.2) is 9.97 Å². The van der Waals surface area contributed by atoms with Crippen LogP contribution in [0.1, 0.15) is 12.7 Å². The van der Waals surface area contributed by atoms with Crippen molar-refractivity contribution in [3.63, 3.8) is 0 Å². The van der Waals surface area contributed by atoms with Crippen molar-refractivity contribution in [2.45, 2.75) is 19.5 Å². The third-order valence-corrected chi connectivity index (χ3v) is 4.62. The highest BCUT2D eigenvalue weighted by atomic mass is 32.1. The molecular weight excluding hydrogens is 336 g/mol. The molecule has 1 unspecified atom stereocenters. The molecule has 0 saturated heterocycles. The second-order valence-electron chi connectivity index (χ2n) is 6.13. The van der Waals surface area contributed by atoms with Crippen LogP contribution < -0.4 is 5.32 Å². The molecule has 1 atom stereocenters. The van der Waals surface area contributed by atoms with Crippen LogP contribution in [-0.2, 0) is 11.3 Å². The van der Waals surface area contributed by atoms with Crippen LogP contribution in [-0.4, -0.2) is 46.1 Å². The minimum Gasteiger partial charge on any atom is -0.480 e. The molecule has 1 aromatic carbocycles. The van der Waals surface area contributed by atoms with E-state index in [0.717, 1.165) is 21.3 Å². The summed E-state index contributed by atoms with van der Waals surface area (Å²) in [6.07, 6.45) is 0. The molecule has 6 nitrogen and oxygen atoms in total. The fourth-order valence-electron chi connectivity index (χ4n) is 2.54. The van der Waals surface area contributed by atoms with Crippen molar-refractivity contribution in [3.8, 4) is 11.1 Å². The first kappa shape index (κ1) is 17.3. The molecule has 0 spiro atoms. The fourth-order valence-corrected chi connectivity index (χ4v) is 3.51. The molecule has 7 heteroatoms. The van der Waals surface area contributed by atoms with Crippen LogP contribution in [0.3, 0.4) is 0 Å². The normalized spacial score (nSPS) is 12.5. The Hall–Kier alpha value is -2.51. The summed E-state index contributed by atoms with van der Waals surface area (Å²) < 4.78 is 0. The number of rotatable bonds is 6. The lowest BCUT2D eigenvalue weighted by molar-refractivity contribution is -0.137. The van der Waals surface area contributed by atoms with Crippen LogP contribution in [0.2, 0.25) is 0 Å². The van der Waals surface area contributed by atoms with Gasteiger partial charge in [-0.3, -0.25) is 4.79 Å². The van der Waals surface area contributed by atoms with Crippen molar-refractivity contribution in [3.05, 3.63) is 41.5 Å². The van der Waals surface area contributed by atoms with Crippen LogP contribution in [0.4, 0.5) is 5.82 Å². The first-order chi connectivity index (χ1) is 12.0. The Labute approximate surface area is 150 Å². The predicted molar refractivity (Wildman–Crippen MR) is 101 cm³/mol. The van der Waals surface area contributed by atoms with Crippen molar-refractivity contribution >= 4 is 33.3 Å². The van der Waals surface area contributed by atoms with Gasteiger partial charge in [-0.1, -0.05) is 30.3 Å². The van der Waals surface area contributed by atoms with Crippen molar-refractivity contribution in [1.82, 2.24) is 14.9 Å². The quantitative estimate of drug-likeness (QED) is 0.705. The molecule has 2 aromatic heterocycles. The van der Waals surface area contributed by atoms with Gasteiger partial charge in [-0.15, -0.1) is 11.3 Å². The largest absolute Gasteiger partial charge is 0.480 e. The van der Waals surface area contributed by atoms with E-state index in [4.69, 9.17) is 0 Å². The maximum atomic E-state index is 11.3. The first-order valence-electron chi connectivity index (χ1n) is 7.93. The number of hydrogen-bond acceptors (Lipinski definition) is 6. The van der Waals surface area contributed by atoms with E-state index >= 15 is 0 Å². The van der Waals surface area contributed by atoms with E-state index in [9.17, 15) is 9.90 Å². The van der Waals surface area contributed by atoms with Gasteiger partial charge in [0.1, 0.15) is 22.5 Å². The lowest BCUT2D eigenvalue weighted by atomic mass is 10.1. The molecule has 3 aromatic rings. The molecule has 0 bridgehead atoms. The zero-order valence-corrected chi connectivity index (χ0v) is 15.2. The van der Waals surface area contributed by atoms with Gasteiger partial charge in [0.05, 0.1) is 11.9 Å². The highest BCUT2D eigenvalue weighted by Crippen LogP contribution is 2.37. The van der Waals surface area contributed by atoms with Gasteiger partial charge >= 0.3 is 5.97 Å². The Balaban J connectivity index is 2.16. The molecule has 0 radical (unpaired) electrons. The standard InChI is InChI=1S/C18H20N4O2S/c1-11(18(23)24)19-16-15-13(12-7-5-4-6-8-12)10-25-17(15)21-14(20-16)9-22(2)3/h4-8,10-11H,9H2,1-3H3,(H,23,24)(H,19,20,21). The fraction of sp³-hybridized carbons (Fsp3) is 0.278. The molecular formula is C18H20N4O2S. The van der Waals surface area contributed by atoms with Gasteiger partial charge < -0.3 is 15.3 Å². The van der Waals surface area contributed by atoms with E-state index in [2.05, 4.69) is 15.3 Å². The minimum atomic E-state index is -0.919. The van der Waals surface area contributed by atoms with E-state index in [1.165, 1.54) is 0 Å². The van der Waals surface area contributed by atoms with E-state index in [1.54, 1.807) is 18.3 Å². The van der Waals surface area contributed by atoms with Gasteiger partial charge in [-0.2, -0.15) is 0 Å². The number of benzene rings is 1. The zero-order valence-electron chi connectivity index (χ0n) is 14.4. The summed E-state index contributed by atoms with van der Waals surface area (Å²) in [7, 11) is 3.90. The smallest absolute Gasteiger partial charge is 0.325 e. The average molecular weight is 356 g/mol. The third kappa shape index (κ3) is 3.78. The second kappa shape index (κ2) is 7.16. The topological polar surface area (TPSA) is 78.4 Å². The van der Waals surface area contributed by atoms with E-state index in [-0.39, 0.29) is 0 Å². The Kier molecular flexibility index (Phi) is 4.96. The SMILES string of the molecule is CC(Nc1nc(CN(C)C)nc2scc(-c3ccccc3)c12)C(=O)O. The monoisotopic (exact) mass is 356 g/mol. The van der Waals surface area contributed by atoms with E-state index in [1.807, 2.05) is 54.7 Å². The number of thiophene rings is 1.